The number of carbonyl (C=O) groups is 1. The number of aliphatic carboxylic acids is 1. The van der Waals surface area contributed by atoms with Gasteiger partial charge in [-0.05, 0) is 12.8 Å². The minimum Gasteiger partial charge on any atom is -0.481 e. The second-order valence-corrected chi connectivity index (χ2v) is 2.66. The SMILES string of the molecule is COC1CC=CCC1C(=O)O. The molecule has 0 aliphatic heterocycles. The largest absolute Gasteiger partial charge is 0.481 e. The van der Waals surface area contributed by atoms with E-state index in [9.17, 15) is 4.79 Å². The van der Waals surface area contributed by atoms with Crippen LogP contribution >= 0.6 is 0 Å². The highest BCUT2D eigenvalue weighted by atomic mass is 16.5. The van der Waals surface area contributed by atoms with Gasteiger partial charge in [0.15, 0.2) is 0 Å². The maximum absolute atomic E-state index is 10.6. The van der Waals surface area contributed by atoms with Crippen LogP contribution in [0.25, 0.3) is 0 Å². The lowest BCUT2D eigenvalue weighted by Gasteiger charge is -2.23. The molecule has 1 rings (SSSR count). The fourth-order valence-electron chi connectivity index (χ4n) is 1.31. The lowest BCUT2D eigenvalue weighted by molar-refractivity contribution is -0.146. The third-order valence-electron chi connectivity index (χ3n) is 1.99. The van der Waals surface area contributed by atoms with E-state index in [0.717, 1.165) is 0 Å². The van der Waals surface area contributed by atoms with Crippen molar-refractivity contribution in [3.05, 3.63) is 12.2 Å². The molecule has 0 fully saturated rings. The lowest BCUT2D eigenvalue weighted by Crippen LogP contribution is -2.30. The van der Waals surface area contributed by atoms with E-state index in [0.29, 0.717) is 12.8 Å². The average Bonchev–Trinajstić information content (AvgIpc) is 2.04. The molecule has 3 nitrogen and oxygen atoms in total. The highest BCUT2D eigenvalue weighted by Gasteiger charge is 2.28. The number of carboxylic acid groups (broad SMARTS) is 1. The van der Waals surface area contributed by atoms with Crippen LogP contribution in [-0.2, 0) is 9.53 Å². The fourth-order valence-corrected chi connectivity index (χ4v) is 1.31. The topological polar surface area (TPSA) is 46.5 Å². The maximum Gasteiger partial charge on any atom is 0.309 e. The predicted octanol–water partition coefficient (Wildman–Crippen LogP) is 1.05. The molecule has 0 radical (unpaired) electrons. The monoisotopic (exact) mass is 156 g/mol. The first-order chi connectivity index (χ1) is 5.25. The van der Waals surface area contributed by atoms with Crippen molar-refractivity contribution in [3.8, 4) is 0 Å². The van der Waals surface area contributed by atoms with Gasteiger partial charge in [0.1, 0.15) is 0 Å². The summed E-state index contributed by atoms with van der Waals surface area (Å²) in [4.78, 5) is 10.6. The quantitative estimate of drug-likeness (QED) is 0.608. The third kappa shape index (κ3) is 1.80. The van der Waals surface area contributed by atoms with Crippen LogP contribution in [0, 0.1) is 5.92 Å². The van der Waals surface area contributed by atoms with Gasteiger partial charge in [0.2, 0.25) is 0 Å². The van der Waals surface area contributed by atoms with E-state index in [1.54, 1.807) is 7.11 Å². The Morgan fingerprint density at radius 1 is 1.55 bits per heavy atom. The highest BCUT2D eigenvalue weighted by Crippen LogP contribution is 2.21. The molecular weight excluding hydrogens is 144 g/mol. The van der Waals surface area contributed by atoms with Gasteiger partial charge in [-0.2, -0.15) is 0 Å². The van der Waals surface area contributed by atoms with Gasteiger partial charge >= 0.3 is 5.97 Å². The summed E-state index contributed by atoms with van der Waals surface area (Å²) in [5.41, 5.74) is 0. The molecular formula is C8H12O3. The van der Waals surface area contributed by atoms with E-state index in [1.165, 1.54) is 0 Å². The summed E-state index contributed by atoms with van der Waals surface area (Å²) >= 11 is 0. The average molecular weight is 156 g/mol. The van der Waals surface area contributed by atoms with Crippen molar-refractivity contribution in [1.82, 2.24) is 0 Å². The van der Waals surface area contributed by atoms with Crippen molar-refractivity contribution < 1.29 is 14.6 Å². The van der Waals surface area contributed by atoms with Gasteiger partial charge in [-0.3, -0.25) is 4.79 Å². The minimum atomic E-state index is -0.763. The Hall–Kier alpha value is -0.830. The van der Waals surface area contributed by atoms with Crippen molar-refractivity contribution >= 4 is 5.97 Å². The second kappa shape index (κ2) is 3.53. The number of methoxy groups -OCH3 is 1. The number of allylic oxidation sites excluding steroid dienone is 1. The molecule has 2 atom stereocenters. The Morgan fingerprint density at radius 2 is 2.18 bits per heavy atom. The fraction of sp³-hybridized carbons (Fsp3) is 0.625. The van der Waals surface area contributed by atoms with E-state index in [4.69, 9.17) is 9.84 Å². The molecule has 0 amide bonds. The van der Waals surface area contributed by atoms with Crippen LogP contribution in [0.3, 0.4) is 0 Å². The first kappa shape index (κ1) is 8.27. The van der Waals surface area contributed by atoms with Crippen molar-refractivity contribution in [2.75, 3.05) is 7.11 Å². The number of ether oxygens (including phenoxy) is 1. The van der Waals surface area contributed by atoms with E-state index in [1.807, 2.05) is 12.2 Å². The summed E-state index contributed by atoms with van der Waals surface area (Å²) in [5.74, 6) is -1.12. The maximum atomic E-state index is 10.6. The van der Waals surface area contributed by atoms with Gasteiger partial charge < -0.3 is 9.84 Å². The molecule has 0 bridgehead atoms. The summed E-state index contributed by atoms with van der Waals surface area (Å²) in [5, 5.41) is 8.73. The molecule has 0 heterocycles. The Morgan fingerprint density at radius 3 is 2.64 bits per heavy atom. The predicted molar refractivity (Wildman–Crippen MR) is 40.3 cm³/mol. The number of rotatable bonds is 2. The number of hydrogen-bond acceptors (Lipinski definition) is 2. The zero-order valence-corrected chi connectivity index (χ0v) is 6.49. The minimum absolute atomic E-state index is 0.141. The van der Waals surface area contributed by atoms with Crippen molar-refractivity contribution in [2.45, 2.75) is 18.9 Å². The van der Waals surface area contributed by atoms with Gasteiger partial charge in [-0.15, -0.1) is 0 Å². The summed E-state index contributed by atoms with van der Waals surface area (Å²) in [7, 11) is 1.56. The zero-order chi connectivity index (χ0) is 8.27. The number of hydrogen-bond donors (Lipinski definition) is 1. The smallest absolute Gasteiger partial charge is 0.309 e. The molecule has 11 heavy (non-hydrogen) atoms. The normalized spacial score (nSPS) is 30.3. The number of carboxylic acids is 1. The van der Waals surface area contributed by atoms with Gasteiger partial charge in [0, 0.05) is 7.11 Å². The molecule has 0 saturated heterocycles. The van der Waals surface area contributed by atoms with Crippen molar-refractivity contribution in [2.24, 2.45) is 5.92 Å². The molecule has 0 saturated carbocycles. The molecule has 1 aliphatic carbocycles. The van der Waals surface area contributed by atoms with Crippen LogP contribution in [0.4, 0.5) is 0 Å². The molecule has 0 aromatic rings. The first-order valence-corrected chi connectivity index (χ1v) is 3.66. The van der Waals surface area contributed by atoms with Crippen LogP contribution in [0.15, 0.2) is 12.2 Å². The molecule has 62 valence electrons. The van der Waals surface area contributed by atoms with Crippen molar-refractivity contribution in [3.63, 3.8) is 0 Å². The molecule has 0 aromatic heterocycles. The summed E-state index contributed by atoms with van der Waals surface area (Å²) < 4.78 is 5.03. The van der Waals surface area contributed by atoms with Gasteiger partial charge in [0.25, 0.3) is 0 Å². The third-order valence-corrected chi connectivity index (χ3v) is 1.99. The molecule has 1 aliphatic rings. The van der Waals surface area contributed by atoms with Crippen LogP contribution in [-0.4, -0.2) is 24.3 Å². The van der Waals surface area contributed by atoms with Crippen LogP contribution in [0.2, 0.25) is 0 Å². The van der Waals surface area contributed by atoms with Crippen LogP contribution < -0.4 is 0 Å². The summed E-state index contributed by atoms with van der Waals surface area (Å²) in [6.45, 7) is 0. The Labute approximate surface area is 65.7 Å². The van der Waals surface area contributed by atoms with Crippen LogP contribution in [0.5, 0.6) is 0 Å². The lowest BCUT2D eigenvalue weighted by atomic mass is 9.91. The van der Waals surface area contributed by atoms with Gasteiger partial charge in [-0.25, -0.2) is 0 Å². The first-order valence-electron chi connectivity index (χ1n) is 3.66. The summed E-state index contributed by atoms with van der Waals surface area (Å²) in [6, 6.07) is 0. The highest BCUT2D eigenvalue weighted by molar-refractivity contribution is 5.71. The standard InChI is InChI=1S/C8H12O3/c1-11-7-5-3-2-4-6(7)8(9)10/h2-3,6-7H,4-5H2,1H3,(H,9,10). The molecule has 2 unspecified atom stereocenters. The van der Waals surface area contributed by atoms with E-state index < -0.39 is 5.97 Å². The Balaban J connectivity index is 2.61. The van der Waals surface area contributed by atoms with E-state index in [2.05, 4.69) is 0 Å². The van der Waals surface area contributed by atoms with E-state index >= 15 is 0 Å². The Bertz CT molecular complexity index is 174. The van der Waals surface area contributed by atoms with Crippen molar-refractivity contribution in [1.29, 1.82) is 0 Å². The zero-order valence-electron chi connectivity index (χ0n) is 6.49. The summed E-state index contributed by atoms with van der Waals surface area (Å²) in [6.07, 6.45) is 5.03. The Kier molecular flexibility index (Phi) is 2.65. The molecule has 1 N–H and O–H groups in total. The van der Waals surface area contributed by atoms with E-state index in [-0.39, 0.29) is 12.0 Å². The molecule has 0 spiro atoms. The van der Waals surface area contributed by atoms with Gasteiger partial charge in [-0.1, -0.05) is 12.2 Å². The van der Waals surface area contributed by atoms with Crippen LogP contribution in [0.1, 0.15) is 12.8 Å². The van der Waals surface area contributed by atoms with Gasteiger partial charge in [0.05, 0.1) is 12.0 Å². The second-order valence-electron chi connectivity index (χ2n) is 2.66. The molecule has 3 heteroatoms. The molecule has 0 aromatic carbocycles.